The molecule has 0 atom stereocenters. The SMILES string of the molecule is CCn1nc(C(C)C)cc1C(=O)N(CCOC)Cc1nccs1. The molecule has 0 spiro atoms. The Morgan fingerprint density at radius 2 is 2.26 bits per heavy atom. The fourth-order valence-corrected chi connectivity index (χ4v) is 2.87. The van der Waals surface area contributed by atoms with Crippen LogP contribution in [0.15, 0.2) is 17.6 Å². The maximum absolute atomic E-state index is 13.0. The van der Waals surface area contributed by atoms with Crippen molar-refractivity contribution in [1.29, 1.82) is 0 Å². The Hall–Kier alpha value is -1.73. The number of aromatic nitrogens is 3. The van der Waals surface area contributed by atoms with Crippen molar-refractivity contribution in [2.75, 3.05) is 20.3 Å². The summed E-state index contributed by atoms with van der Waals surface area (Å²) >= 11 is 1.55. The van der Waals surface area contributed by atoms with Crippen LogP contribution in [-0.4, -0.2) is 45.8 Å². The molecule has 0 aromatic carbocycles. The third-order valence-electron chi connectivity index (χ3n) is 3.57. The predicted octanol–water partition coefficient (Wildman–Crippen LogP) is 2.77. The molecule has 126 valence electrons. The fraction of sp³-hybridized carbons (Fsp3) is 0.562. The first-order valence-corrected chi connectivity index (χ1v) is 8.69. The van der Waals surface area contributed by atoms with Gasteiger partial charge in [-0.05, 0) is 18.9 Å². The van der Waals surface area contributed by atoms with Crippen LogP contribution in [0.3, 0.4) is 0 Å². The lowest BCUT2D eigenvalue weighted by Gasteiger charge is -2.21. The van der Waals surface area contributed by atoms with Crippen molar-refractivity contribution in [3.05, 3.63) is 34.0 Å². The van der Waals surface area contributed by atoms with Crippen molar-refractivity contribution in [3.8, 4) is 0 Å². The third kappa shape index (κ3) is 4.39. The van der Waals surface area contributed by atoms with Crippen LogP contribution in [0.25, 0.3) is 0 Å². The van der Waals surface area contributed by atoms with E-state index in [2.05, 4.69) is 23.9 Å². The van der Waals surface area contributed by atoms with Crippen LogP contribution in [0.1, 0.15) is 47.9 Å². The second-order valence-corrected chi connectivity index (χ2v) is 6.55. The molecule has 23 heavy (non-hydrogen) atoms. The molecule has 1 amide bonds. The highest BCUT2D eigenvalue weighted by atomic mass is 32.1. The van der Waals surface area contributed by atoms with Gasteiger partial charge < -0.3 is 9.64 Å². The van der Waals surface area contributed by atoms with E-state index in [1.165, 1.54) is 0 Å². The molecule has 6 nitrogen and oxygen atoms in total. The van der Waals surface area contributed by atoms with E-state index in [-0.39, 0.29) is 5.91 Å². The molecule has 0 saturated carbocycles. The summed E-state index contributed by atoms with van der Waals surface area (Å²) in [5.41, 5.74) is 1.57. The Balaban J connectivity index is 2.25. The maximum atomic E-state index is 13.0. The van der Waals surface area contributed by atoms with Gasteiger partial charge in [0.1, 0.15) is 10.7 Å². The number of rotatable bonds is 8. The van der Waals surface area contributed by atoms with Crippen molar-refractivity contribution < 1.29 is 9.53 Å². The maximum Gasteiger partial charge on any atom is 0.272 e. The third-order valence-corrected chi connectivity index (χ3v) is 4.34. The summed E-state index contributed by atoms with van der Waals surface area (Å²) in [4.78, 5) is 19.0. The second-order valence-electron chi connectivity index (χ2n) is 5.57. The van der Waals surface area contributed by atoms with Gasteiger partial charge in [0.05, 0.1) is 18.8 Å². The highest BCUT2D eigenvalue weighted by molar-refractivity contribution is 7.09. The quantitative estimate of drug-likeness (QED) is 0.744. The van der Waals surface area contributed by atoms with Crippen LogP contribution < -0.4 is 0 Å². The number of carbonyl (C=O) groups excluding carboxylic acids is 1. The number of hydrogen-bond donors (Lipinski definition) is 0. The molecule has 0 aliphatic heterocycles. The normalized spacial score (nSPS) is 11.2. The van der Waals surface area contributed by atoms with Crippen molar-refractivity contribution in [1.82, 2.24) is 19.7 Å². The number of aryl methyl sites for hydroxylation is 1. The molecule has 2 aromatic heterocycles. The van der Waals surface area contributed by atoms with E-state index >= 15 is 0 Å². The number of amides is 1. The van der Waals surface area contributed by atoms with E-state index in [0.717, 1.165) is 10.7 Å². The van der Waals surface area contributed by atoms with E-state index in [1.54, 1.807) is 34.2 Å². The molecule has 0 unspecified atom stereocenters. The van der Waals surface area contributed by atoms with E-state index < -0.39 is 0 Å². The first kappa shape index (κ1) is 17.6. The molecule has 2 heterocycles. The average molecular weight is 336 g/mol. The standard InChI is InChI=1S/C16H24N4O2S/c1-5-20-14(10-13(18-20)12(2)3)16(21)19(7-8-22-4)11-15-17-6-9-23-15/h6,9-10,12H,5,7-8,11H2,1-4H3. The van der Waals surface area contributed by atoms with Gasteiger partial charge in [0.2, 0.25) is 0 Å². The number of hydrogen-bond acceptors (Lipinski definition) is 5. The molecular formula is C16H24N4O2S. The average Bonchev–Trinajstić information content (AvgIpc) is 3.19. The van der Waals surface area contributed by atoms with E-state index in [1.807, 2.05) is 18.4 Å². The van der Waals surface area contributed by atoms with Gasteiger partial charge in [0.25, 0.3) is 5.91 Å². The van der Waals surface area contributed by atoms with E-state index in [9.17, 15) is 4.79 Å². The Morgan fingerprint density at radius 1 is 1.48 bits per heavy atom. The summed E-state index contributed by atoms with van der Waals surface area (Å²) in [5, 5.41) is 7.37. The van der Waals surface area contributed by atoms with Crippen LogP contribution in [0, 0.1) is 0 Å². The Morgan fingerprint density at radius 3 is 2.83 bits per heavy atom. The van der Waals surface area contributed by atoms with Gasteiger partial charge in [-0.1, -0.05) is 13.8 Å². The molecule has 0 saturated heterocycles. The lowest BCUT2D eigenvalue weighted by molar-refractivity contribution is 0.0668. The number of ether oxygens (including phenoxy) is 1. The van der Waals surface area contributed by atoms with Crippen LogP contribution in [0.5, 0.6) is 0 Å². The minimum Gasteiger partial charge on any atom is -0.383 e. The van der Waals surface area contributed by atoms with Crippen LogP contribution in [0.4, 0.5) is 0 Å². The summed E-state index contributed by atoms with van der Waals surface area (Å²) in [6.07, 6.45) is 1.76. The lowest BCUT2D eigenvalue weighted by atomic mass is 10.1. The van der Waals surface area contributed by atoms with Gasteiger partial charge >= 0.3 is 0 Å². The Bertz CT molecular complexity index is 622. The smallest absolute Gasteiger partial charge is 0.272 e. The van der Waals surface area contributed by atoms with E-state index in [4.69, 9.17) is 4.74 Å². The van der Waals surface area contributed by atoms with Gasteiger partial charge in [-0.25, -0.2) is 4.98 Å². The van der Waals surface area contributed by atoms with Gasteiger partial charge in [-0.3, -0.25) is 9.48 Å². The Kier molecular flexibility index (Phi) is 6.29. The minimum absolute atomic E-state index is 0.0292. The van der Waals surface area contributed by atoms with Gasteiger partial charge in [-0.15, -0.1) is 11.3 Å². The molecule has 0 aliphatic carbocycles. The molecule has 2 aromatic rings. The first-order chi connectivity index (χ1) is 11.1. The van der Waals surface area contributed by atoms with Crippen molar-refractivity contribution in [2.45, 2.75) is 39.8 Å². The molecule has 2 rings (SSSR count). The predicted molar refractivity (Wildman–Crippen MR) is 90.7 cm³/mol. The zero-order chi connectivity index (χ0) is 16.8. The fourth-order valence-electron chi connectivity index (χ4n) is 2.24. The molecular weight excluding hydrogens is 312 g/mol. The van der Waals surface area contributed by atoms with Crippen LogP contribution in [-0.2, 0) is 17.8 Å². The highest BCUT2D eigenvalue weighted by Crippen LogP contribution is 2.17. The summed E-state index contributed by atoms with van der Waals surface area (Å²) in [7, 11) is 1.64. The first-order valence-electron chi connectivity index (χ1n) is 7.81. The zero-order valence-corrected chi connectivity index (χ0v) is 15.0. The summed E-state index contributed by atoms with van der Waals surface area (Å²) in [6.45, 7) is 8.34. The topological polar surface area (TPSA) is 60.2 Å². The summed E-state index contributed by atoms with van der Waals surface area (Å²) in [6, 6.07) is 1.90. The van der Waals surface area contributed by atoms with Gasteiger partial charge in [0.15, 0.2) is 0 Å². The van der Waals surface area contributed by atoms with Gasteiger partial charge in [0, 0.05) is 31.8 Å². The molecule has 0 radical (unpaired) electrons. The molecule has 7 heteroatoms. The summed E-state index contributed by atoms with van der Waals surface area (Å²) < 4.78 is 6.92. The lowest BCUT2D eigenvalue weighted by Crippen LogP contribution is -2.34. The number of methoxy groups -OCH3 is 1. The molecule has 0 fully saturated rings. The van der Waals surface area contributed by atoms with Crippen LogP contribution >= 0.6 is 11.3 Å². The monoisotopic (exact) mass is 336 g/mol. The Labute approximate surface area is 141 Å². The number of carbonyl (C=O) groups is 1. The summed E-state index contributed by atoms with van der Waals surface area (Å²) in [5.74, 6) is 0.263. The molecule has 0 aliphatic rings. The van der Waals surface area contributed by atoms with Crippen LogP contribution in [0.2, 0.25) is 0 Å². The number of thiazole rings is 1. The van der Waals surface area contributed by atoms with Crippen molar-refractivity contribution in [2.24, 2.45) is 0 Å². The molecule has 0 N–H and O–H groups in total. The van der Waals surface area contributed by atoms with E-state index in [0.29, 0.717) is 37.9 Å². The van der Waals surface area contributed by atoms with Crippen molar-refractivity contribution >= 4 is 17.2 Å². The molecule has 0 bridgehead atoms. The largest absolute Gasteiger partial charge is 0.383 e. The minimum atomic E-state index is -0.0292. The zero-order valence-electron chi connectivity index (χ0n) is 14.2. The number of nitrogens with zero attached hydrogens (tertiary/aromatic N) is 4. The van der Waals surface area contributed by atoms with Crippen molar-refractivity contribution in [3.63, 3.8) is 0 Å². The highest BCUT2D eigenvalue weighted by Gasteiger charge is 2.22. The second kappa shape index (κ2) is 8.21. The van der Waals surface area contributed by atoms with Gasteiger partial charge in [-0.2, -0.15) is 5.10 Å².